The molecule has 5 nitrogen and oxygen atoms in total. The van der Waals surface area contributed by atoms with Crippen LogP contribution in [0, 0.1) is 18.8 Å². The number of anilines is 1. The molecule has 2 N–H and O–H groups in total. The lowest BCUT2D eigenvalue weighted by Gasteiger charge is -2.17. The predicted molar refractivity (Wildman–Crippen MR) is 70.0 cm³/mol. The number of thiazole rings is 1. The Bertz CT molecular complexity index is 476. The Morgan fingerprint density at radius 2 is 2.22 bits per heavy atom. The van der Waals surface area contributed by atoms with Gasteiger partial charge in [-0.2, -0.15) is 0 Å². The van der Waals surface area contributed by atoms with Crippen LogP contribution in [0.1, 0.15) is 22.3 Å². The van der Waals surface area contributed by atoms with Gasteiger partial charge >= 0.3 is 5.97 Å². The standard InChI is InChI=1S/C12H17N3O2S/c1-3-17-11(16)10-6(2)14-12(18-10)15-4-7-8(5-15)9(7)13/h7-9H,3-5,13H2,1-2H3/t7-,8+,9?. The zero-order valence-corrected chi connectivity index (χ0v) is 11.4. The number of fused-ring (bicyclic) bond motifs is 1. The fourth-order valence-electron chi connectivity index (χ4n) is 2.63. The van der Waals surface area contributed by atoms with Crippen LogP contribution in [0.25, 0.3) is 0 Å². The number of aromatic nitrogens is 1. The topological polar surface area (TPSA) is 68.5 Å². The second-order valence-corrected chi connectivity index (χ2v) is 5.92. The van der Waals surface area contributed by atoms with E-state index in [2.05, 4.69) is 9.88 Å². The first-order chi connectivity index (χ1) is 8.61. The molecule has 0 aromatic carbocycles. The summed E-state index contributed by atoms with van der Waals surface area (Å²) in [6.45, 7) is 6.01. The van der Waals surface area contributed by atoms with Gasteiger partial charge in [0.2, 0.25) is 0 Å². The molecule has 0 amide bonds. The highest BCUT2D eigenvalue weighted by atomic mass is 32.1. The van der Waals surface area contributed by atoms with Crippen molar-refractivity contribution in [3.63, 3.8) is 0 Å². The monoisotopic (exact) mass is 267 g/mol. The maximum atomic E-state index is 11.7. The lowest BCUT2D eigenvalue weighted by Crippen LogP contribution is -2.27. The van der Waals surface area contributed by atoms with Gasteiger partial charge in [0.25, 0.3) is 0 Å². The highest BCUT2D eigenvalue weighted by Gasteiger charge is 2.54. The van der Waals surface area contributed by atoms with E-state index in [0.717, 1.165) is 23.9 Å². The maximum absolute atomic E-state index is 11.7. The third-order valence-electron chi connectivity index (χ3n) is 3.78. The lowest BCUT2D eigenvalue weighted by atomic mass is 10.4. The summed E-state index contributed by atoms with van der Waals surface area (Å²) in [6.07, 6.45) is 0. The molecule has 2 aliphatic rings. The Morgan fingerprint density at radius 3 is 2.83 bits per heavy atom. The van der Waals surface area contributed by atoms with Crippen LogP contribution < -0.4 is 10.6 Å². The van der Waals surface area contributed by atoms with Crippen molar-refractivity contribution in [2.24, 2.45) is 17.6 Å². The van der Waals surface area contributed by atoms with Gasteiger partial charge in [-0.15, -0.1) is 0 Å². The third kappa shape index (κ3) is 1.80. The zero-order chi connectivity index (χ0) is 12.9. The Hall–Kier alpha value is -1.14. The minimum Gasteiger partial charge on any atom is -0.462 e. The van der Waals surface area contributed by atoms with Gasteiger partial charge in [-0.3, -0.25) is 0 Å². The van der Waals surface area contributed by atoms with E-state index in [0.29, 0.717) is 29.4 Å². The quantitative estimate of drug-likeness (QED) is 0.828. The molecule has 0 bridgehead atoms. The van der Waals surface area contributed by atoms with Crippen LogP contribution in [0.5, 0.6) is 0 Å². The van der Waals surface area contributed by atoms with Crippen molar-refractivity contribution in [3.05, 3.63) is 10.6 Å². The van der Waals surface area contributed by atoms with Gasteiger partial charge in [-0.05, 0) is 25.7 Å². The molecule has 98 valence electrons. The van der Waals surface area contributed by atoms with Gasteiger partial charge in [-0.25, -0.2) is 9.78 Å². The molecule has 2 heterocycles. The number of hydrogen-bond donors (Lipinski definition) is 1. The summed E-state index contributed by atoms with van der Waals surface area (Å²) in [4.78, 5) is 19.1. The number of carbonyl (C=O) groups excluding carboxylic acids is 1. The van der Waals surface area contributed by atoms with E-state index in [1.54, 1.807) is 0 Å². The number of esters is 1. The van der Waals surface area contributed by atoms with Gasteiger partial charge in [-0.1, -0.05) is 11.3 Å². The van der Waals surface area contributed by atoms with E-state index in [1.165, 1.54) is 11.3 Å². The Labute approximate surface area is 110 Å². The molecule has 6 heteroatoms. The SMILES string of the molecule is CCOC(=O)c1sc(N2C[C@@H]3C(N)[C@@H]3C2)nc1C. The van der Waals surface area contributed by atoms with Crippen molar-refractivity contribution in [2.45, 2.75) is 19.9 Å². The molecule has 3 atom stereocenters. The first-order valence-electron chi connectivity index (χ1n) is 6.27. The normalized spacial score (nSPS) is 29.3. The summed E-state index contributed by atoms with van der Waals surface area (Å²) in [5, 5.41) is 0.926. The minimum absolute atomic E-state index is 0.264. The summed E-state index contributed by atoms with van der Waals surface area (Å²) < 4.78 is 5.02. The number of nitrogens with two attached hydrogens (primary N) is 1. The van der Waals surface area contributed by atoms with E-state index in [1.807, 2.05) is 13.8 Å². The summed E-state index contributed by atoms with van der Waals surface area (Å²) in [5.41, 5.74) is 6.68. The number of carbonyl (C=O) groups is 1. The fraction of sp³-hybridized carbons (Fsp3) is 0.667. The molecule has 0 radical (unpaired) electrons. The van der Waals surface area contributed by atoms with Crippen molar-refractivity contribution in [1.29, 1.82) is 0 Å². The van der Waals surface area contributed by atoms with Gasteiger partial charge < -0.3 is 15.4 Å². The molecule has 3 rings (SSSR count). The number of rotatable bonds is 3. The maximum Gasteiger partial charge on any atom is 0.350 e. The number of aryl methyl sites for hydroxylation is 1. The smallest absolute Gasteiger partial charge is 0.350 e. The lowest BCUT2D eigenvalue weighted by molar-refractivity contribution is 0.0531. The largest absolute Gasteiger partial charge is 0.462 e. The molecule has 0 spiro atoms. The summed E-state index contributed by atoms with van der Waals surface area (Å²) in [6, 6.07) is 0.381. The average Bonchev–Trinajstić information content (AvgIpc) is 2.76. The average molecular weight is 267 g/mol. The highest BCUT2D eigenvalue weighted by Crippen LogP contribution is 2.46. The second kappa shape index (κ2) is 4.20. The van der Waals surface area contributed by atoms with Crippen LogP contribution in [0.3, 0.4) is 0 Å². The Balaban J connectivity index is 1.75. The Kier molecular flexibility index (Phi) is 2.79. The number of ether oxygens (including phenoxy) is 1. The first-order valence-corrected chi connectivity index (χ1v) is 7.08. The summed E-state index contributed by atoms with van der Waals surface area (Å²) in [7, 11) is 0. The minimum atomic E-state index is -0.264. The van der Waals surface area contributed by atoms with E-state index >= 15 is 0 Å². The molecule has 2 fully saturated rings. The van der Waals surface area contributed by atoms with Crippen LogP contribution in [0.15, 0.2) is 0 Å². The van der Waals surface area contributed by atoms with Crippen molar-refractivity contribution in [1.82, 2.24) is 4.98 Å². The van der Waals surface area contributed by atoms with E-state index in [9.17, 15) is 4.79 Å². The second-order valence-electron chi connectivity index (χ2n) is 4.94. The number of nitrogens with zero attached hydrogens (tertiary/aromatic N) is 2. The van der Waals surface area contributed by atoms with Crippen molar-refractivity contribution < 1.29 is 9.53 Å². The van der Waals surface area contributed by atoms with E-state index < -0.39 is 0 Å². The first kappa shape index (κ1) is 11.9. The van der Waals surface area contributed by atoms with Gasteiger partial charge in [0.05, 0.1) is 12.3 Å². The van der Waals surface area contributed by atoms with Crippen LogP contribution >= 0.6 is 11.3 Å². The van der Waals surface area contributed by atoms with E-state index in [4.69, 9.17) is 10.5 Å². The molecule has 1 aromatic heterocycles. The number of hydrogen-bond acceptors (Lipinski definition) is 6. The predicted octanol–water partition coefficient (Wildman–Crippen LogP) is 1.02. The van der Waals surface area contributed by atoms with Crippen molar-refractivity contribution >= 4 is 22.4 Å². The summed E-state index contributed by atoms with van der Waals surface area (Å²) >= 11 is 1.43. The van der Waals surface area contributed by atoms with Crippen molar-refractivity contribution in [3.8, 4) is 0 Å². The molecule has 1 aliphatic carbocycles. The van der Waals surface area contributed by atoms with Gasteiger partial charge in [0.1, 0.15) is 4.88 Å². The van der Waals surface area contributed by atoms with Gasteiger partial charge in [0.15, 0.2) is 5.13 Å². The zero-order valence-electron chi connectivity index (χ0n) is 10.5. The van der Waals surface area contributed by atoms with Crippen LogP contribution in [0.4, 0.5) is 5.13 Å². The molecular weight excluding hydrogens is 250 g/mol. The third-order valence-corrected chi connectivity index (χ3v) is 4.98. The molecule has 1 aromatic rings. The molecule has 1 aliphatic heterocycles. The van der Waals surface area contributed by atoms with Gasteiger partial charge in [0, 0.05) is 19.1 Å². The molecule has 1 saturated carbocycles. The van der Waals surface area contributed by atoms with Crippen LogP contribution in [-0.4, -0.2) is 36.7 Å². The summed E-state index contributed by atoms with van der Waals surface area (Å²) in [5.74, 6) is 0.986. The molecule has 1 saturated heterocycles. The highest BCUT2D eigenvalue weighted by molar-refractivity contribution is 7.17. The van der Waals surface area contributed by atoms with E-state index in [-0.39, 0.29) is 5.97 Å². The Morgan fingerprint density at radius 1 is 1.56 bits per heavy atom. The van der Waals surface area contributed by atoms with Crippen molar-refractivity contribution in [2.75, 3.05) is 24.6 Å². The molecular formula is C12H17N3O2S. The molecule has 1 unspecified atom stereocenters. The van der Waals surface area contributed by atoms with Crippen LogP contribution in [0.2, 0.25) is 0 Å². The van der Waals surface area contributed by atoms with Crippen LogP contribution in [-0.2, 0) is 4.74 Å². The molecule has 18 heavy (non-hydrogen) atoms. The number of piperidine rings is 1. The fourth-order valence-corrected chi connectivity index (χ4v) is 3.61.